The molecule has 332 valence electrons. The maximum absolute atomic E-state index is 14.6. The van der Waals surface area contributed by atoms with E-state index in [0.29, 0.717) is 41.3 Å². The Morgan fingerprint density at radius 1 is 0.885 bits per heavy atom. The number of carbonyl (C=O) groups excluding carboxylic acids is 4. The summed E-state index contributed by atoms with van der Waals surface area (Å²) in [6.07, 6.45) is 3.08. The Morgan fingerprint density at radius 2 is 1.52 bits per heavy atom. The molecule has 1 aliphatic carbocycles. The number of amides is 6. The molecule has 1 aliphatic heterocycles. The Bertz CT molecular complexity index is 1970. The smallest absolute Gasteiger partial charge is 0.328 e. The lowest BCUT2D eigenvalue weighted by atomic mass is 9.80. The first-order chi connectivity index (χ1) is 29.0. The number of hydrogen-bond donors (Lipinski definition) is 8. The third kappa shape index (κ3) is 12.0. The van der Waals surface area contributed by atoms with E-state index in [-0.39, 0.29) is 18.9 Å². The standard InChI is InChI=1S/C40H49N5O8.C4H11NO3/c1-25(2)21-33(36(48)42-32(23-35(46)47)30-18-17-29(52-4)22-34(30)53-5)45-37(49)40(19-9-6-10-20-40)44(39(45)51)24-27-13-15-28(16-14-27)41-38(50)43-31-12-8-7-11-26(31)3;5-4(1-6,2-7)3-8/h7-8,11-18,22,25,32-33H,6,9-10,19-21,23-24H2,1-5H3,(H,42,48)(H,46,47)(H2,41,43,50);6-8H,1-3,5H2/t32-,33-;/m0./s1. The van der Waals surface area contributed by atoms with Crippen LogP contribution in [0.3, 0.4) is 0 Å². The van der Waals surface area contributed by atoms with Gasteiger partial charge in [-0.15, -0.1) is 0 Å². The van der Waals surface area contributed by atoms with Crippen LogP contribution < -0.4 is 31.2 Å². The number of rotatable bonds is 17. The van der Waals surface area contributed by atoms with E-state index in [4.69, 9.17) is 30.5 Å². The number of aliphatic hydroxyl groups excluding tert-OH is 3. The summed E-state index contributed by atoms with van der Waals surface area (Å²) in [7, 11) is 2.93. The third-order valence-corrected chi connectivity index (χ3v) is 11.0. The molecule has 2 fully saturated rings. The maximum Gasteiger partial charge on any atom is 0.328 e. The summed E-state index contributed by atoms with van der Waals surface area (Å²) in [5.41, 5.74) is 6.17. The van der Waals surface area contributed by atoms with Gasteiger partial charge in [-0.2, -0.15) is 0 Å². The highest BCUT2D eigenvalue weighted by Gasteiger charge is 2.59. The largest absolute Gasteiger partial charge is 0.497 e. The molecule has 0 aromatic heterocycles. The molecular formula is C44H60N6O11. The number of anilines is 2. The van der Waals surface area contributed by atoms with Gasteiger partial charge in [-0.1, -0.05) is 63.4 Å². The van der Waals surface area contributed by atoms with Gasteiger partial charge in [0.05, 0.1) is 52.0 Å². The molecule has 0 bridgehead atoms. The molecule has 0 unspecified atom stereocenters. The first-order valence-electron chi connectivity index (χ1n) is 20.3. The Labute approximate surface area is 356 Å². The third-order valence-electron chi connectivity index (χ3n) is 11.0. The van der Waals surface area contributed by atoms with Crippen molar-refractivity contribution in [2.24, 2.45) is 11.7 Å². The van der Waals surface area contributed by atoms with Gasteiger partial charge >= 0.3 is 18.0 Å². The number of nitrogens with one attached hydrogen (secondary N) is 3. The lowest BCUT2D eigenvalue weighted by Crippen LogP contribution is -2.53. The van der Waals surface area contributed by atoms with Gasteiger partial charge in [0.1, 0.15) is 23.1 Å². The Balaban J connectivity index is 0.000000929. The summed E-state index contributed by atoms with van der Waals surface area (Å²) in [6.45, 7) is 4.62. The number of nitrogens with zero attached hydrogens (tertiary/aromatic N) is 2. The molecule has 2 aliphatic rings. The van der Waals surface area contributed by atoms with Crippen molar-refractivity contribution < 1.29 is 53.9 Å². The Morgan fingerprint density at radius 3 is 2.07 bits per heavy atom. The van der Waals surface area contributed by atoms with Crippen molar-refractivity contribution in [3.05, 3.63) is 83.4 Å². The molecule has 17 nitrogen and oxygen atoms in total. The van der Waals surface area contributed by atoms with Crippen LogP contribution in [-0.2, 0) is 20.9 Å². The summed E-state index contributed by atoms with van der Waals surface area (Å²) in [6, 6.07) is 16.3. The van der Waals surface area contributed by atoms with Crippen molar-refractivity contribution >= 4 is 41.2 Å². The molecule has 17 heteroatoms. The SMILES string of the molecule is COc1ccc([C@H](CC(=O)O)NC(=O)[C@H](CC(C)C)N2C(=O)N(Cc3ccc(NC(=O)Nc4ccccc4C)cc3)C3(CCCCC3)C2=O)c(OC)c1.NC(CO)(CO)CO. The highest BCUT2D eigenvalue weighted by molar-refractivity contribution is 6.10. The zero-order chi connectivity index (χ0) is 44.9. The molecule has 6 amide bonds. The van der Waals surface area contributed by atoms with Crippen LogP contribution >= 0.6 is 0 Å². The van der Waals surface area contributed by atoms with E-state index < -0.39 is 79.2 Å². The quantitative estimate of drug-likeness (QED) is 0.0873. The van der Waals surface area contributed by atoms with Crippen LogP contribution in [-0.4, -0.2) is 111 Å². The number of methoxy groups -OCH3 is 2. The van der Waals surface area contributed by atoms with Crippen LogP contribution in [0.2, 0.25) is 0 Å². The second-order valence-electron chi connectivity index (χ2n) is 16.0. The van der Waals surface area contributed by atoms with Crippen LogP contribution in [0, 0.1) is 12.8 Å². The van der Waals surface area contributed by atoms with Gasteiger partial charge in [0, 0.05) is 29.5 Å². The normalized spacial score (nSPS) is 15.8. The number of ether oxygens (including phenoxy) is 2. The van der Waals surface area contributed by atoms with Crippen LogP contribution in [0.5, 0.6) is 11.5 Å². The first kappa shape index (κ1) is 47.9. The number of nitrogens with two attached hydrogens (primary N) is 1. The highest BCUT2D eigenvalue weighted by Crippen LogP contribution is 2.43. The monoisotopic (exact) mass is 848 g/mol. The molecule has 3 aromatic carbocycles. The average molecular weight is 849 g/mol. The molecule has 1 spiro atoms. The molecule has 5 rings (SSSR count). The number of benzene rings is 3. The predicted octanol–water partition coefficient (Wildman–Crippen LogP) is 4.53. The topological polar surface area (TPSA) is 253 Å². The van der Waals surface area contributed by atoms with Crippen LogP contribution in [0.1, 0.15) is 81.5 Å². The fourth-order valence-electron chi connectivity index (χ4n) is 7.44. The number of para-hydroxylation sites is 1. The van der Waals surface area contributed by atoms with E-state index in [9.17, 15) is 29.1 Å². The van der Waals surface area contributed by atoms with E-state index in [2.05, 4.69) is 16.0 Å². The van der Waals surface area contributed by atoms with E-state index in [0.717, 1.165) is 35.3 Å². The number of aliphatic carboxylic acids is 1. The minimum atomic E-state index is -1.21. The number of hydrogen-bond acceptors (Lipinski definition) is 11. The number of carboxylic acids is 1. The van der Waals surface area contributed by atoms with E-state index in [1.807, 2.05) is 45.0 Å². The van der Waals surface area contributed by atoms with Gasteiger partial charge in [0.25, 0.3) is 5.91 Å². The zero-order valence-electron chi connectivity index (χ0n) is 35.5. The Hall–Kier alpha value is -5.75. The summed E-state index contributed by atoms with van der Waals surface area (Å²) in [5.74, 6) is -1.46. The van der Waals surface area contributed by atoms with Crippen molar-refractivity contribution in [1.29, 1.82) is 0 Å². The number of aryl methyl sites for hydroxylation is 1. The van der Waals surface area contributed by atoms with Crippen molar-refractivity contribution in [1.82, 2.24) is 15.1 Å². The fourth-order valence-corrected chi connectivity index (χ4v) is 7.44. The van der Waals surface area contributed by atoms with Gasteiger partial charge < -0.3 is 56.5 Å². The number of carbonyl (C=O) groups is 5. The van der Waals surface area contributed by atoms with Crippen LogP contribution in [0.15, 0.2) is 66.7 Å². The second-order valence-corrected chi connectivity index (χ2v) is 16.0. The molecule has 1 heterocycles. The minimum Gasteiger partial charge on any atom is -0.497 e. The van der Waals surface area contributed by atoms with Crippen molar-refractivity contribution in [3.63, 3.8) is 0 Å². The molecule has 2 atom stereocenters. The lowest BCUT2D eigenvalue weighted by molar-refractivity contribution is -0.142. The number of urea groups is 2. The van der Waals surface area contributed by atoms with Gasteiger partial charge in [-0.05, 0) is 73.6 Å². The average Bonchev–Trinajstić information content (AvgIpc) is 3.43. The molecular weight excluding hydrogens is 789 g/mol. The second kappa shape index (κ2) is 21.7. The molecule has 0 radical (unpaired) electrons. The van der Waals surface area contributed by atoms with Crippen LogP contribution in [0.4, 0.5) is 21.0 Å². The molecule has 1 saturated carbocycles. The van der Waals surface area contributed by atoms with Crippen molar-refractivity contribution in [2.45, 2.75) is 95.4 Å². The highest BCUT2D eigenvalue weighted by atomic mass is 16.5. The van der Waals surface area contributed by atoms with Gasteiger partial charge in [0.2, 0.25) is 5.91 Å². The minimum absolute atomic E-state index is 0.0841. The fraction of sp³-hybridized carbons (Fsp3) is 0.477. The first-order valence-corrected chi connectivity index (χ1v) is 20.3. The van der Waals surface area contributed by atoms with E-state index in [1.165, 1.54) is 14.2 Å². The summed E-state index contributed by atoms with van der Waals surface area (Å²) in [5, 5.41) is 43.3. The summed E-state index contributed by atoms with van der Waals surface area (Å²) < 4.78 is 10.8. The number of carboxylic acid groups (broad SMARTS) is 1. The number of aliphatic hydroxyl groups is 3. The molecule has 9 N–H and O–H groups in total. The van der Waals surface area contributed by atoms with Crippen LogP contribution in [0.25, 0.3) is 0 Å². The van der Waals surface area contributed by atoms with Gasteiger partial charge in [0.15, 0.2) is 0 Å². The Kier molecular flexibility index (Phi) is 17.0. The summed E-state index contributed by atoms with van der Waals surface area (Å²) >= 11 is 0. The predicted molar refractivity (Wildman–Crippen MR) is 228 cm³/mol. The van der Waals surface area contributed by atoms with Crippen molar-refractivity contribution in [2.75, 3.05) is 44.7 Å². The zero-order valence-corrected chi connectivity index (χ0v) is 35.5. The lowest BCUT2D eigenvalue weighted by Gasteiger charge is -2.38. The van der Waals surface area contributed by atoms with Gasteiger partial charge in [-0.3, -0.25) is 14.4 Å². The van der Waals surface area contributed by atoms with E-state index >= 15 is 0 Å². The molecule has 61 heavy (non-hydrogen) atoms. The molecule has 3 aromatic rings. The summed E-state index contributed by atoms with van der Waals surface area (Å²) in [4.78, 5) is 70.7. The molecule has 1 saturated heterocycles. The van der Waals surface area contributed by atoms with E-state index in [1.54, 1.807) is 47.4 Å². The van der Waals surface area contributed by atoms with Crippen molar-refractivity contribution in [3.8, 4) is 11.5 Å². The number of imide groups is 1. The maximum atomic E-state index is 14.6. The van der Waals surface area contributed by atoms with Gasteiger partial charge in [-0.25, -0.2) is 14.5 Å².